The normalized spacial score (nSPS) is 10.7. The van der Waals surface area contributed by atoms with E-state index in [1.54, 1.807) is 22.9 Å². The minimum Gasteiger partial charge on any atom is -0.407 e. The van der Waals surface area contributed by atoms with Crippen molar-refractivity contribution in [3.05, 3.63) is 95.4 Å². The van der Waals surface area contributed by atoms with Crippen LogP contribution in [0.4, 0.5) is 10.1 Å². The van der Waals surface area contributed by atoms with E-state index in [-0.39, 0.29) is 5.56 Å². The number of rotatable bonds is 7. The fraction of sp³-hybridized carbons (Fsp3) is 0.179. The molecular weight excluding hydrogens is 445 g/mol. The SMILES string of the molecule is CCCc1nn(-c2ccc(C)cc2)c(OC(C)=O)c1-c1ccc(NC(=O)c2ccccc2F)cc1. The molecule has 1 heterocycles. The van der Waals surface area contributed by atoms with Gasteiger partial charge in [-0.25, -0.2) is 4.39 Å². The Morgan fingerprint density at radius 3 is 2.31 bits per heavy atom. The van der Waals surface area contributed by atoms with Gasteiger partial charge in [-0.3, -0.25) is 9.59 Å². The lowest BCUT2D eigenvalue weighted by Crippen LogP contribution is -2.13. The van der Waals surface area contributed by atoms with Crippen LogP contribution in [0.2, 0.25) is 0 Å². The van der Waals surface area contributed by atoms with Crippen molar-refractivity contribution in [2.24, 2.45) is 0 Å². The van der Waals surface area contributed by atoms with E-state index in [4.69, 9.17) is 9.84 Å². The summed E-state index contributed by atoms with van der Waals surface area (Å²) >= 11 is 0. The fourth-order valence-electron chi connectivity index (χ4n) is 3.80. The molecule has 1 N–H and O–H groups in total. The third kappa shape index (κ3) is 5.30. The van der Waals surface area contributed by atoms with Crippen LogP contribution in [0.25, 0.3) is 16.8 Å². The van der Waals surface area contributed by atoms with Gasteiger partial charge in [-0.05, 0) is 55.3 Å². The first kappa shape index (κ1) is 23.9. The molecule has 0 radical (unpaired) electrons. The molecule has 0 fully saturated rings. The summed E-state index contributed by atoms with van der Waals surface area (Å²) in [7, 11) is 0. The molecule has 7 heteroatoms. The summed E-state index contributed by atoms with van der Waals surface area (Å²) in [5, 5.41) is 7.49. The number of hydrogen-bond acceptors (Lipinski definition) is 4. The Morgan fingerprint density at radius 1 is 1.00 bits per heavy atom. The van der Waals surface area contributed by atoms with Gasteiger partial charge in [0.15, 0.2) is 0 Å². The predicted octanol–water partition coefficient (Wildman–Crippen LogP) is 6.12. The third-order valence-corrected chi connectivity index (χ3v) is 5.47. The van der Waals surface area contributed by atoms with Crippen molar-refractivity contribution in [2.75, 3.05) is 5.32 Å². The van der Waals surface area contributed by atoms with Crippen LogP contribution in [0.15, 0.2) is 72.8 Å². The molecule has 0 saturated heterocycles. The van der Waals surface area contributed by atoms with Crippen molar-refractivity contribution in [2.45, 2.75) is 33.6 Å². The topological polar surface area (TPSA) is 73.2 Å². The molecule has 0 bridgehead atoms. The number of amides is 1. The summed E-state index contributed by atoms with van der Waals surface area (Å²) in [6, 6.07) is 20.7. The van der Waals surface area contributed by atoms with E-state index in [2.05, 4.69) is 12.2 Å². The smallest absolute Gasteiger partial charge is 0.309 e. The van der Waals surface area contributed by atoms with Crippen LogP contribution < -0.4 is 10.1 Å². The number of esters is 1. The molecule has 4 rings (SSSR count). The lowest BCUT2D eigenvalue weighted by molar-refractivity contribution is -0.132. The number of carbonyl (C=O) groups excluding carboxylic acids is 2. The van der Waals surface area contributed by atoms with Crippen LogP contribution in [0.3, 0.4) is 0 Å². The summed E-state index contributed by atoms with van der Waals surface area (Å²) in [6.45, 7) is 5.42. The highest BCUT2D eigenvalue weighted by atomic mass is 19.1. The summed E-state index contributed by atoms with van der Waals surface area (Å²) in [6.07, 6.45) is 1.54. The molecule has 0 atom stereocenters. The van der Waals surface area contributed by atoms with E-state index in [1.165, 1.54) is 25.1 Å². The largest absolute Gasteiger partial charge is 0.407 e. The Kier molecular flexibility index (Phi) is 7.06. The number of nitrogens with one attached hydrogen (secondary N) is 1. The second-order valence-corrected chi connectivity index (χ2v) is 8.23. The number of halogens is 1. The van der Waals surface area contributed by atoms with Crippen LogP contribution in [0.5, 0.6) is 5.88 Å². The van der Waals surface area contributed by atoms with Gasteiger partial charge in [0.1, 0.15) is 5.82 Å². The molecule has 0 saturated carbocycles. The Labute approximate surface area is 203 Å². The zero-order chi connectivity index (χ0) is 24.9. The number of anilines is 1. The Hall–Kier alpha value is -4.26. The molecule has 3 aromatic carbocycles. The van der Waals surface area contributed by atoms with E-state index in [1.807, 2.05) is 43.3 Å². The number of aromatic nitrogens is 2. The van der Waals surface area contributed by atoms with Crippen molar-refractivity contribution in [3.8, 4) is 22.7 Å². The average Bonchev–Trinajstić information content (AvgIpc) is 3.17. The first-order valence-corrected chi connectivity index (χ1v) is 11.4. The lowest BCUT2D eigenvalue weighted by atomic mass is 10.0. The van der Waals surface area contributed by atoms with Gasteiger partial charge in [0.2, 0.25) is 5.88 Å². The first-order valence-electron chi connectivity index (χ1n) is 11.4. The van der Waals surface area contributed by atoms with E-state index >= 15 is 0 Å². The minimum atomic E-state index is -0.583. The predicted molar refractivity (Wildman–Crippen MR) is 133 cm³/mol. The maximum Gasteiger partial charge on any atom is 0.309 e. The van der Waals surface area contributed by atoms with Crippen molar-refractivity contribution in [1.82, 2.24) is 9.78 Å². The maximum absolute atomic E-state index is 13.9. The van der Waals surface area contributed by atoms with Crippen molar-refractivity contribution in [1.29, 1.82) is 0 Å². The summed E-state index contributed by atoms with van der Waals surface area (Å²) < 4.78 is 21.3. The van der Waals surface area contributed by atoms with Crippen molar-refractivity contribution < 1.29 is 18.7 Å². The van der Waals surface area contributed by atoms with Crippen molar-refractivity contribution in [3.63, 3.8) is 0 Å². The van der Waals surface area contributed by atoms with Crippen LogP contribution >= 0.6 is 0 Å². The number of ether oxygens (including phenoxy) is 1. The second kappa shape index (κ2) is 10.3. The van der Waals surface area contributed by atoms with E-state index in [9.17, 15) is 14.0 Å². The van der Waals surface area contributed by atoms with Gasteiger partial charge in [0.05, 0.1) is 22.5 Å². The van der Waals surface area contributed by atoms with Crippen LogP contribution in [-0.2, 0) is 11.2 Å². The molecule has 178 valence electrons. The third-order valence-electron chi connectivity index (χ3n) is 5.47. The van der Waals surface area contributed by atoms with Crippen molar-refractivity contribution >= 4 is 17.6 Å². The van der Waals surface area contributed by atoms with Crippen LogP contribution in [0.1, 0.15) is 41.9 Å². The standard InChI is InChI=1S/C28H26FN3O3/c1-4-7-25-26(28(35-19(3)33)32(31-25)22-16-10-18(2)11-17-22)20-12-14-21(15-13-20)30-27(34)23-8-5-6-9-24(23)29/h5-6,8-17H,4,7H2,1-3H3,(H,30,34). The molecular formula is C28H26FN3O3. The minimum absolute atomic E-state index is 0.0293. The highest BCUT2D eigenvalue weighted by Gasteiger charge is 2.23. The summed E-state index contributed by atoms with van der Waals surface area (Å²) in [5.74, 6) is -1.22. The number of nitrogens with zero attached hydrogens (tertiary/aromatic N) is 2. The molecule has 0 unspecified atom stereocenters. The summed E-state index contributed by atoms with van der Waals surface area (Å²) in [5.41, 5.74) is 4.67. The second-order valence-electron chi connectivity index (χ2n) is 8.23. The Bertz CT molecular complexity index is 1360. The molecule has 6 nitrogen and oxygen atoms in total. The monoisotopic (exact) mass is 471 g/mol. The van der Waals surface area contributed by atoms with Gasteiger partial charge in [-0.1, -0.05) is 55.3 Å². The number of benzene rings is 3. The Morgan fingerprint density at radius 2 is 1.69 bits per heavy atom. The molecule has 0 aliphatic heterocycles. The highest BCUT2D eigenvalue weighted by Crippen LogP contribution is 2.37. The van der Waals surface area contributed by atoms with Gasteiger partial charge in [-0.2, -0.15) is 9.78 Å². The van der Waals surface area contributed by atoms with Gasteiger partial charge in [0, 0.05) is 12.6 Å². The molecule has 1 aromatic heterocycles. The zero-order valence-electron chi connectivity index (χ0n) is 19.8. The van der Waals surface area contributed by atoms with E-state index < -0.39 is 17.7 Å². The molecule has 1 amide bonds. The highest BCUT2D eigenvalue weighted by molar-refractivity contribution is 6.04. The molecule has 0 aliphatic carbocycles. The number of hydrogen-bond donors (Lipinski definition) is 1. The van der Waals surface area contributed by atoms with E-state index in [0.717, 1.165) is 34.5 Å². The molecule has 35 heavy (non-hydrogen) atoms. The Balaban J connectivity index is 1.72. The summed E-state index contributed by atoms with van der Waals surface area (Å²) in [4.78, 5) is 24.5. The number of carbonyl (C=O) groups is 2. The van der Waals surface area contributed by atoms with Gasteiger partial charge in [0.25, 0.3) is 5.91 Å². The quantitative estimate of drug-likeness (QED) is 0.330. The van der Waals surface area contributed by atoms with Gasteiger partial charge >= 0.3 is 5.97 Å². The molecule has 4 aromatic rings. The van der Waals surface area contributed by atoms with Gasteiger partial charge < -0.3 is 10.1 Å². The fourth-order valence-corrected chi connectivity index (χ4v) is 3.80. The average molecular weight is 472 g/mol. The van der Waals surface area contributed by atoms with E-state index in [0.29, 0.717) is 18.0 Å². The molecule has 0 aliphatic rings. The molecule has 0 spiro atoms. The van der Waals surface area contributed by atoms with Crippen LogP contribution in [0, 0.1) is 12.7 Å². The van der Waals surface area contributed by atoms with Crippen LogP contribution in [-0.4, -0.2) is 21.7 Å². The van der Waals surface area contributed by atoms with Gasteiger partial charge in [-0.15, -0.1) is 0 Å². The maximum atomic E-state index is 13.9. The number of aryl methyl sites for hydroxylation is 2. The first-order chi connectivity index (χ1) is 16.9. The zero-order valence-corrected chi connectivity index (χ0v) is 19.8. The lowest BCUT2D eigenvalue weighted by Gasteiger charge is -2.11.